The zero-order valence-corrected chi connectivity index (χ0v) is 16.1. The number of aliphatic carboxylic acids is 1. The Kier molecular flexibility index (Phi) is 4.58. The molecule has 0 spiro atoms. The van der Waals surface area contributed by atoms with E-state index in [1.807, 2.05) is 12.2 Å². The highest BCUT2D eigenvalue weighted by atomic mass is 32.1. The summed E-state index contributed by atoms with van der Waals surface area (Å²) in [6.45, 7) is 2.17. The first-order valence-corrected chi connectivity index (χ1v) is 10.1. The van der Waals surface area contributed by atoms with E-state index in [2.05, 4.69) is 12.2 Å². The number of rotatable bonds is 4. The van der Waals surface area contributed by atoms with Crippen molar-refractivity contribution in [2.75, 3.05) is 12.4 Å². The van der Waals surface area contributed by atoms with Gasteiger partial charge in [0, 0.05) is 16.8 Å². The van der Waals surface area contributed by atoms with Crippen LogP contribution in [0.2, 0.25) is 0 Å². The molecular weight excluding hydrogens is 366 g/mol. The van der Waals surface area contributed by atoms with Gasteiger partial charge in [0.05, 0.1) is 18.6 Å². The van der Waals surface area contributed by atoms with Gasteiger partial charge in [0.25, 0.3) is 0 Å². The van der Waals surface area contributed by atoms with Gasteiger partial charge in [0.1, 0.15) is 5.00 Å². The van der Waals surface area contributed by atoms with Gasteiger partial charge in [-0.25, -0.2) is 4.79 Å². The summed E-state index contributed by atoms with van der Waals surface area (Å²) in [5.41, 5.74) is 1.39. The molecule has 2 bridgehead atoms. The molecule has 1 aromatic heterocycles. The topological polar surface area (TPSA) is 95.5 Å². The number of thiophene rings is 1. The van der Waals surface area contributed by atoms with Gasteiger partial charge in [-0.1, -0.05) is 19.1 Å². The molecule has 6 nitrogen and oxygen atoms in total. The van der Waals surface area contributed by atoms with Gasteiger partial charge in [0.15, 0.2) is 0 Å². The maximum atomic E-state index is 13.0. The molecule has 0 aliphatic heterocycles. The highest BCUT2D eigenvalue weighted by Gasteiger charge is 2.49. The summed E-state index contributed by atoms with van der Waals surface area (Å²) < 4.78 is 4.95. The number of fused-ring (bicyclic) bond motifs is 3. The van der Waals surface area contributed by atoms with Crippen LogP contribution in [-0.4, -0.2) is 25.0 Å². The fourth-order valence-corrected chi connectivity index (χ4v) is 6.25. The number of methoxy groups -OCH3 is 1. The van der Waals surface area contributed by atoms with Gasteiger partial charge in [-0.15, -0.1) is 11.3 Å². The van der Waals surface area contributed by atoms with Crippen LogP contribution < -0.4 is 10.4 Å². The molecule has 27 heavy (non-hydrogen) atoms. The number of hydrogen-bond acceptors (Lipinski definition) is 6. The lowest BCUT2D eigenvalue weighted by molar-refractivity contribution is -0.313. The zero-order chi connectivity index (χ0) is 19.3. The average molecular weight is 388 g/mol. The van der Waals surface area contributed by atoms with Gasteiger partial charge in [0.2, 0.25) is 5.91 Å². The molecule has 3 aliphatic rings. The third kappa shape index (κ3) is 2.98. The number of allylic oxidation sites excluding steroid dienone is 2. The van der Waals surface area contributed by atoms with Crippen molar-refractivity contribution in [1.29, 1.82) is 0 Å². The monoisotopic (exact) mass is 388 g/mol. The highest BCUT2D eigenvalue weighted by Crippen LogP contribution is 2.49. The van der Waals surface area contributed by atoms with Crippen molar-refractivity contribution < 1.29 is 24.2 Å². The highest BCUT2D eigenvalue weighted by molar-refractivity contribution is 7.17. The largest absolute Gasteiger partial charge is 0.550 e. The first-order valence-electron chi connectivity index (χ1n) is 9.33. The lowest BCUT2D eigenvalue weighted by atomic mass is 9.82. The molecule has 5 atom stereocenters. The van der Waals surface area contributed by atoms with E-state index in [0.717, 1.165) is 29.7 Å². The van der Waals surface area contributed by atoms with Crippen molar-refractivity contribution in [3.63, 3.8) is 0 Å². The minimum Gasteiger partial charge on any atom is -0.550 e. The molecular formula is C20H22NO5S-. The molecule has 0 saturated heterocycles. The van der Waals surface area contributed by atoms with Crippen molar-refractivity contribution in [2.45, 2.75) is 32.6 Å². The Labute approximate surface area is 161 Å². The Morgan fingerprint density at radius 2 is 1.93 bits per heavy atom. The first-order chi connectivity index (χ1) is 12.9. The Morgan fingerprint density at radius 3 is 2.59 bits per heavy atom. The Hall–Kier alpha value is -2.15. The number of ether oxygens (including phenoxy) is 1. The van der Waals surface area contributed by atoms with Gasteiger partial charge in [-0.3, -0.25) is 4.79 Å². The molecule has 1 saturated carbocycles. The smallest absolute Gasteiger partial charge is 0.341 e. The number of amides is 1. The fraction of sp³-hybridized carbons (Fsp3) is 0.550. The average Bonchev–Trinajstić information content (AvgIpc) is 3.32. The molecule has 0 unspecified atom stereocenters. The van der Waals surface area contributed by atoms with Crippen LogP contribution >= 0.6 is 11.3 Å². The molecule has 4 rings (SSSR count). The lowest BCUT2D eigenvalue weighted by Gasteiger charge is -2.27. The third-order valence-electron chi connectivity index (χ3n) is 6.17. The molecule has 1 amide bonds. The summed E-state index contributed by atoms with van der Waals surface area (Å²) >= 11 is 1.41. The van der Waals surface area contributed by atoms with Crippen molar-refractivity contribution >= 4 is 34.2 Å². The number of carboxylic acids is 1. The summed E-state index contributed by atoms with van der Waals surface area (Å²) in [6.07, 6.45) is 7.12. The van der Waals surface area contributed by atoms with Crippen LogP contribution in [0.3, 0.4) is 0 Å². The normalized spacial score (nSPS) is 30.8. The van der Waals surface area contributed by atoms with E-state index < -0.39 is 23.8 Å². The standard InChI is InChI=1S/C20H23NO5S/c1-9-3-6-12-13(7-9)27-18(16(12)20(25)26-2)21-17(22)14-10-4-5-11(8-10)15(14)19(23)24/h4-5,9-11,14-15H,3,6-8H2,1-2H3,(H,21,22)(H,23,24)/p-1/t9-,10-,11-,14+,15+/m0/s1. The number of nitrogens with one attached hydrogen (secondary N) is 1. The number of carbonyl (C=O) groups excluding carboxylic acids is 3. The predicted molar refractivity (Wildman–Crippen MR) is 98.2 cm³/mol. The summed E-state index contributed by atoms with van der Waals surface area (Å²) in [5.74, 6) is -3.16. The van der Waals surface area contributed by atoms with Gasteiger partial charge in [-0.2, -0.15) is 0 Å². The quantitative estimate of drug-likeness (QED) is 0.627. The number of anilines is 1. The van der Waals surface area contributed by atoms with E-state index in [-0.39, 0.29) is 17.7 Å². The van der Waals surface area contributed by atoms with Crippen LogP contribution in [0.1, 0.15) is 40.6 Å². The molecule has 1 aromatic rings. The maximum Gasteiger partial charge on any atom is 0.341 e. The van der Waals surface area contributed by atoms with Gasteiger partial charge in [-0.05, 0) is 49.0 Å². The van der Waals surface area contributed by atoms with Gasteiger partial charge >= 0.3 is 5.97 Å². The summed E-state index contributed by atoms with van der Waals surface area (Å²) in [5, 5.41) is 14.9. The van der Waals surface area contributed by atoms with Crippen LogP contribution in [0.15, 0.2) is 12.2 Å². The van der Waals surface area contributed by atoms with Crippen LogP contribution in [0.5, 0.6) is 0 Å². The van der Waals surface area contributed by atoms with Crippen LogP contribution in [0, 0.1) is 29.6 Å². The Bertz CT molecular complexity index is 842. The third-order valence-corrected chi connectivity index (χ3v) is 7.34. The molecule has 144 valence electrons. The Balaban J connectivity index is 1.64. The second kappa shape index (κ2) is 6.78. The van der Waals surface area contributed by atoms with Gasteiger partial charge < -0.3 is 20.0 Å². The maximum absolute atomic E-state index is 13.0. The molecule has 1 fully saturated rings. The van der Waals surface area contributed by atoms with Crippen molar-refractivity contribution in [1.82, 2.24) is 0 Å². The number of hydrogen-bond donors (Lipinski definition) is 1. The second-order valence-corrected chi connectivity index (χ2v) is 8.96. The molecule has 0 aromatic carbocycles. The molecule has 1 N–H and O–H groups in total. The Morgan fingerprint density at radius 1 is 1.22 bits per heavy atom. The van der Waals surface area contributed by atoms with E-state index in [4.69, 9.17) is 4.74 Å². The van der Waals surface area contributed by atoms with Crippen LogP contribution in [0.25, 0.3) is 0 Å². The number of carboxylic acid groups (broad SMARTS) is 1. The van der Waals surface area contributed by atoms with E-state index in [0.29, 0.717) is 22.9 Å². The zero-order valence-electron chi connectivity index (χ0n) is 15.3. The summed E-state index contributed by atoms with van der Waals surface area (Å²) in [4.78, 5) is 38.0. The van der Waals surface area contributed by atoms with E-state index in [1.54, 1.807) is 0 Å². The SMILES string of the molecule is COC(=O)c1c(NC(=O)[C@H]2[C@H](C(=O)[O-])[C@H]3C=C[C@H]2C3)sc2c1CC[C@H](C)C2. The van der Waals surface area contributed by atoms with E-state index >= 15 is 0 Å². The van der Waals surface area contributed by atoms with E-state index in [9.17, 15) is 19.5 Å². The number of carbonyl (C=O) groups is 3. The fourth-order valence-electron chi connectivity index (χ4n) is 4.85. The lowest BCUT2D eigenvalue weighted by Crippen LogP contribution is -2.42. The molecule has 3 aliphatic carbocycles. The molecule has 1 heterocycles. The molecule has 7 heteroatoms. The molecule has 0 radical (unpaired) electrons. The minimum absolute atomic E-state index is 0.0888. The van der Waals surface area contributed by atoms with E-state index in [1.165, 1.54) is 18.4 Å². The van der Waals surface area contributed by atoms with Crippen molar-refractivity contribution in [2.24, 2.45) is 29.6 Å². The summed E-state index contributed by atoms with van der Waals surface area (Å²) in [7, 11) is 1.33. The van der Waals surface area contributed by atoms with Crippen LogP contribution in [0.4, 0.5) is 5.00 Å². The number of esters is 1. The van der Waals surface area contributed by atoms with Crippen LogP contribution in [-0.2, 0) is 27.2 Å². The first kappa shape index (κ1) is 18.2. The summed E-state index contributed by atoms with van der Waals surface area (Å²) in [6, 6.07) is 0. The second-order valence-electron chi connectivity index (χ2n) is 7.86. The minimum atomic E-state index is -1.18. The van der Waals surface area contributed by atoms with Crippen molar-refractivity contribution in [3.8, 4) is 0 Å². The predicted octanol–water partition coefficient (Wildman–Crippen LogP) is 1.79. The van der Waals surface area contributed by atoms with Crippen molar-refractivity contribution in [3.05, 3.63) is 28.2 Å².